The Hall–Kier alpha value is 0.0969. The summed E-state index contributed by atoms with van der Waals surface area (Å²) in [5.41, 5.74) is 0. The lowest BCUT2D eigenvalue weighted by atomic mass is 10.5. The molecule has 0 aromatic heterocycles. The van der Waals surface area contributed by atoms with Crippen LogP contribution in [0.5, 0.6) is 0 Å². The first kappa shape index (κ1) is 9.10. The van der Waals surface area contributed by atoms with Gasteiger partial charge in [0.25, 0.3) is 0 Å². The van der Waals surface area contributed by atoms with E-state index < -0.39 is 9.45 Å². The van der Waals surface area contributed by atoms with Crippen LogP contribution in [0.3, 0.4) is 0 Å². The lowest BCUT2D eigenvalue weighted by Gasteiger charge is -2.10. The summed E-state index contributed by atoms with van der Waals surface area (Å²) in [4.78, 5) is 3.16. The van der Waals surface area contributed by atoms with Gasteiger partial charge in [-0.1, -0.05) is 6.92 Å². The number of hydrogen-bond donors (Lipinski definition) is 1. The van der Waals surface area contributed by atoms with Gasteiger partial charge in [0.05, 0.1) is 0 Å². The Morgan fingerprint density at radius 1 is 1.33 bits per heavy atom. The maximum absolute atomic E-state index is 5.01. The zero-order valence-corrected chi connectivity index (χ0v) is 7.46. The minimum atomic E-state index is -1.46. The highest BCUT2D eigenvalue weighted by atomic mass is 28.3. The van der Waals surface area contributed by atoms with Gasteiger partial charge in [-0.15, -0.1) is 0 Å². The average Bonchev–Trinajstić information content (AvgIpc) is 1.91. The van der Waals surface area contributed by atoms with E-state index in [-0.39, 0.29) is 0 Å². The highest BCUT2D eigenvalue weighted by Gasteiger charge is 2.05. The Morgan fingerprint density at radius 3 is 2.22 bits per heavy atom. The SMILES string of the molecule is CCCN[SiH](OC)OC. The second-order valence-corrected chi connectivity index (χ2v) is 3.77. The normalized spacial score (nSPS) is 10.7. The van der Waals surface area contributed by atoms with Crippen molar-refractivity contribution in [3.05, 3.63) is 0 Å². The van der Waals surface area contributed by atoms with Crippen molar-refractivity contribution in [2.45, 2.75) is 13.3 Å². The maximum atomic E-state index is 5.01. The molecule has 0 radical (unpaired) electrons. The number of rotatable bonds is 5. The highest BCUT2D eigenvalue weighted by Crippen LogP contribution is 1.78. The fourth-order valence-electron chi connectivity index (χ4n) is 0.525. The lowest BCUT2D eigenvalue weighted by molar-refractivity contribution is 0.265. The zero-order valence-electron chi connectivity index (χ0n) is 6.31. The third-order valence-electron chi connectivity index (χ3n) is 0.989. The molecule has 0 atom stereocenters. The smallest absolute Gasteiger partial charge is 0.388 e. The Morgan fingerprint density at radius 2 is 1.89 bits per heavy atom. The Labute approximate surface area is 58.3 Å². The summed E-state index contributed by atoms with van der Waals surface area (Å²) in [6.07, 6.45) is 1.12. The molecule has 0 heterocycles. The second-order valence-electron chi connectivity index (χ2n) is 1.76. The molecule has 0 unspecified atom stereocenters. The molecule has 9 heavy (non-hydrogen) atoms. The van der Waals surface area contributed by atoms with E-state index in [0.717, 1.165) is 13.0 Å². The van der Waals surface area contributed by atoms with Crippen molar-refractivity contribution in [3.63, 3.8) is 0 Å². The van der Waals surface area contributed by atoms with E-state index in [2.05, 4.69) is 11.9 Å². The van der Waals surface area contributed by atoms with E-state index in [9.17, 15) is 0 Å². The van der Waals surface area contributed by atoms with Crippen LogP contribution in [0.15, 0.2) is 0 Å². The van der Waals surface area contributed by atoms with Gasteiger partial charge < -0.3 is 8.85 Å². The summed E-state index contributed by atoms with van der Waals surface area (Å²) in [6.45, 7) is 3.10. The predicted molar refractivity (Wildman–Crippen MR) is 39.5 cm³/mol. The summed E-state index contributed by atoms with van der Waals surface area (Å²) < 4.78 is 10.0. The van der Waals surface area contributed by atoms with Crippen molar-refractivity contribution < 1.29 is 8.85 Å². The van der Waals surface area contributed by atoms with Crippen LogP contribution >= 0.6 is 0 Å². The summed E-state index contributed by atoms with van der Waals surface area (Å²) in [5, 5.41) is 0. The van der Waals surface area contributed by atoms with Crippen molar-refractivity contribution in [1.29, 1.82) is 0 Å². The standard InChI is InChI=1S/C5H15NO2Si/c1-4-5-6-9(7-2)8-3/h6,9H,4-5H2,1-3H3. The Balaban J connectivity index is 3.09. The molecule has 0 bridgehead atoms. The van der Waals surface area contributed by atoms with Gasteiger partial charge in [0.1, 0.15) is 0 Å². The fourth-order valence-corrected chi connectivity index (χ4v) is 1.58. The predicted octanol–water partition coefficient (Wildman–Crippen LogP) is -0.00400. The molecule has 0 aliphatic carbocycles. The van der Waals surface area contributed by atoms with Crippen molar-refractivity contribution in [1.82, 2.24) is 4.98 Å². The molecule has 0 aromatic rings. The van der Waals surface area contributed by atoms with E-state index in [4.69, 9.17) is 8.85 Å². The third kappa shape index (κ3) is 4.59. The average molecular weight is 149 g/mol. The number of hydrogen-bond acceptors (Lipinski definition) is 3. The molecular weight excluding hydrogens is 134 g/mol. The maximum Gasteiger partial charge on any atom is 0.407 e. The van der Waals surface area contributed by atoms with Gasteiger partial charge in [-0.05, 0) is 13.0 Å². The number of nitrogens with one attached hydrogen (secondary N) is 1. The second kappa shape index (κ2) is 6.22. The van der Waals surface area contributed by atoms with Gasteiger partial charge >= 0.3 is 9.45 Å². The summed E-state index contributed by atoms with van der Waals surface area (Å²) in [5.74, 6) is 0. The van der Waals surface area contributed by atoms with Crippen molar-refractivity contribution in [3.8, 4) is 0 Å². The summed E-state index contributed by atoms with van der Waals surface area (Å²) in [6, 6.07) is 0. The van der Waals surface area contributed by atoms with Crippen molar-refractivity contribution >= 4 is 9.45 Å². The zero-order chi connectivity index (χ0) is 7.11. The molecule has 0 saturated carbocycles. The van der Waals surface area contributed by atoms with Crippen LogP contribution in [0.1, 0.15) is 13.3 Å². The monoisotopic (exact) mass is 149 g/mol. The van der Waals surface area contributed by atoms with Crippen LogP contribution in [0.4, 0.5) is 0 Å². The molecule has 0 fully saturated rings. The molecule has 0 rings (SSSR count). The molecule has 0 aliphatic heterocycles. The van der Waals surface area contributed by atoms with Gasteiger partial charge in [0.15, 0.2) is 0 Å². The molecule has 0 spiro atoms. The highest BCUT2D eigenvalue weighted by molar-refractivity contribution is 6.41. The molecule has 4 heteroatoms. The minimum absolute atomic E-state index is 0.985. The van der Waals surface area contributed by atoms with Crippen molar-refractivity contribution in [2.24, 2.45) is 0 Å². The largest absolute Gasteiger partial charge is 0.407 e. The first-order valence-electron chi connectivity index (χ1n) is 3.14. The molecule has 1 N–H and O–H groups in total. The first-order chi connectivity index (χ1) is 4.35. The van der Waals surface area contributed by atoms with Crippen LogP contribution in [-0.4, -0.2) is 30.2 Å². The van der Waals surface area contributed by atoms with E-state index in [1.165, 1.54) is 0 Å². The van der Waals surface area contributed by atoms with Crippen LogP contribution in [-0.2, 0) is 8.85 Å². The molecular formula is C5H15NO2Si. The molecule has 56 valence electrons. The van der Waals surface area contributed by atoms with Crippen LogP contribution < -0.4 is 4.98 Å². The summed E-state index contributed by atoms with van der Waals surface area (Å²) in [7, 11) is 1.88. The fraction of sp³-hybridized carbons (Fsp3) is 1.00. The van der Waals surface area contributed by atoms with E-state index >= 15 is 0 Å². The van der Waals surface area contributed by atoms with E-state index in [1.54, 1.807) is 14.2 Å². The van der Waals surface area contributed by atoms with Crippen molar-refractivity contribution in [2.75, 3.05) is 20.8 Å². The van der Waals surface area contributed by atoms with Crippen LogP contribution in [0, 0.1) is 0 Å². The molecule has 0 aromatic carbocycles. The lowest BCUT2D eigenvalue weighted by Crippen LogP contribution is -2.38. The van der Waals surface area contributed by atoms with Gasteiger partial charge in [0, 0.05) is 14.2 Å². The van der Waals surface area contributed by atoms with Gasteiger partial charge in [-0.25, -0.2) is 0 Å². The molecule has 3 nitrogen and oxygen atoms in total. The van der Waals surface area contributed by atoms with E-state index in [0.29, 0.717) is 0 Å². The quantitative estimate of drug-likeness (QED) is 0.558. The topological polar surface area (TPSA) is 30.5 Å². The molecule has 0 aliphatic rings. The van der Waals surface area contributed by atoms with Crippen LogP contribution in [0.25, 0.3) is 0 Å². The van der Waals surface area contributed by atoms with Gasteiger partial charge in [-0.2, -0.15) is 0 Å². The molecule has 0 amide bonds. The summed E-state index contributed by atoms with van der Waals surface area (Å²) >= 11 is 0. The minimum Gasteiger partial charge on any atom is -0.388 e. The van der Waals surface area contributed by atoms with Gasteiger partial charge in [-0.3, -0.25) is 4.98 Å². The van der Waals surface area contributed by atoms with Gasteiger partial charge in [0.2, 0.25) is 0 Å². The Bertz CT molecular complexity index is 58.9. The first-order valence-corrected chi connectivity index (χ1v) is 4.66. The van der Waals surface area contributed by atoms with E-state index in [1.807, 2.05) is 0 Å². The van der Waals surface area contributed by atoms with Crippen LogP contribution in [0.2, 0.25) is 0 Å². The molecule has 0 saturated heterocycles. The Kier molecular flexibility index (Phi) is 6.29. The third-order valence-corrected chi connectivity index (χ3v) is 2.47.